The first-order valence-corrected chi connectivity index (χ1v) is 16.3. The predicted molar refractivity (Wildman–Crippen MR) is 192 cm³/mol. The van der Waals surface area contributed by atoms with Gasteiger partial charge in [-0.15, -0.1) is 0 Å². The summed E-state index contributed by atoms with van der Waals surface area (Å²) in [5.74, 6) is -19.9. The van der Waals surface area contributed by atoms with Crippen molar-refractivity contribution in [3.63, 3.8) is 0 Å². The lowest BCUT2D eigenvalue weighted by molar-refractivity contribution is 0.330. The van der Waals surface area contributed by atoms with Crippen molar-refractivity contribution in [3.05, 3.63) is 168 Å². The highest BCUT2D eigenvalue weighted by Gasteiger charge is 2.30. The Hall–Kier alpha value is -7.22. The minimum absolute atomic E-state index is 0.0520. The Labute approximate surface area is 312 Å². The second-order valence-corrected chi connectivity index (χ2v) is 12.0. The number of rotatable bonds is 10. The van der Waals surface area contributed by atoms with Crippen molar-refractivity contribution in [1.82, 2.24) is 0 Å². The zero-order valence-corrected chi connectivity index (χ0v) is 28.4. The van der Waals surface area contributed by atoms with Gasteiger partial charge in [0, 0.05) is 23.5 Å². The molecule has 7 aromatic carbocycles. The number of benzene rings is 7. The number of nitrogens with two attached hydrogens (primary N) is 2. The lowest BCUT2D eigenvalue weighted by atomic mass is 10.0. The molecule has 14 heteroatoms. The van der Waals surface area contributed by atoms with Crippen LogP contribution in [-0.4, -0.2) is 0 Å². The summed E-state index contributed by atoms with van der Waals surface area (Å²) in [5.41, 5.74) is 14.6. The van der Waals surface area contributed by atoms with E-state index in [1.165, 1.54) is 72.8 Å². The van der Waals surface area contributed by atoms with E-state index in [9.17, 15) is 35.1 Å². The fourth-order valence-corrected chi connectivity index (χ4v) is 5.46. The molecule has 282 valence electrons. The van der Waals surface area contributed by atoms with Crippen LogP contribution in [0.4, 0.5) is 46.5 Å². The Bertz CT molecular complexity index is 2410. The number of nitrogen functional groups attached to an aromatic ring is 2. The maximum atomic E-state index is 14.9. The van der Waals surface area contributed by atoms with Gasteiger partial charge in [0.1, 0.15) is 23.0 Å². The van der Waals surface area contributed by atoms with Crippen molar-refractivity contribution < 1.29 is 54.1 Å². The zero-order chi connectivity index (χ0) is 39.7. The van der Waals surface area contributed by atoms with E-state index < -0.39 is 69.5 Å². The van der Waals surface area contributed by atoms with Gasteiger partial charge >= 0.3 is 0 Å². The molecule has 0 bridgehead atoms. The lowest BCUT2D eigenvalue weighted by Crippen LogP contribution is -2.04. The van der Waals surface area contributed by atoms with Gasteiger partial charge in [-0.25, -0.2) is 17.6 Å². The quantitative estimate of drug-likeness (QED) is 0.0623. The second kappa shape index (κ2) is 15.3. The summed E-state index contributed by atoms with van der Waals surface area (Å²) >= 11 is 0. The molecular formula is C42H24F8N2O4. The summed E-state index contributed by atoms with van der Waals surface area (Å²) in [4.78, 5) is 0. The van der Waals surface area contributed by atoms with Crippen LogP contribution >= 0.6 is 0 Å². The number of hydrogen-bond acceptors (Lipinski definition) is 6. The molecular weight excluding hydrogens is 748 g/mol. The first-order valence-electron chi connectivity index (χ1n) is 16.3. The summed E-state index contributed by atoms with van der Waals surface area (Å²) in [6.45, 7) is 0. The molecule has 0 unspecified atom stereocenters. The number of ether oxygens (including phenoxy) is 4. The molecule has 0 aliphatic heterocycles. The molecule has 4 N–H and O–H groups in total. The third kappa shape index (κ3) is 7.44. The Kier molecular flexibility index (Phi) is 10.1. The molecule has 0 aromatic heterocycles. The van der Waals surface area contributed by atoms with Crippen molar-refractivity contribution >= 4 is 11.4 Å². The average Bonchev–Trinajstić information content (AvgIpc) is 3.21. The molecule has 0 aliphatic rings. The van der Waals surface area contributed by atoms with E-state index in [1.54, 1.807) is 48.5 Å². The Morgan fingerprint density at radius 3 is 0.804 bits per heavy atom. The van der Waals surface area contributed by atoms with E-state index in [0.29, 0.717) is 11.1 Å². The summed E-state index contributed by atoms with van der Waals surface area (Å²) in [7, 11) is 0. The normalized spacial score (nSPS) is 11.0. The van der Waals surface area contributed by atoms with Crippen molar-refractivity contribution in [3.8, 4) is 68.2 Å². The van der Waals surface area contributed by atoms with E-state index in [2.05, 4.69) is 0 Å². The van der Waals surface area contributed by atoms with E-state index in [4.69, 9.17) is 30.4 Å². The fourth-order valence-electron chi connectivity index (χ4n) is 5.46. The minimum Gasteiger partial charge on any atom is -0.450 e. The highest BCUT2D eigenvalue weighted by Crippen LogP contribution is 2.44. The summed E-state index contributed by atoms with van der Waals surface area (Å²) < 4.78 is 138. The van der Waals surface area contributed by atoms with Gasteiger partial charge in [0.05, 0.1) is 0 Å². The number of halogens is 8. The van der Waals surface area contributed by atoms with Crippen LogP contribution in [0.2, 0.25) is 0 Å². The molecule has 0 saturated heterocycles. The van der Waals surface area contributed by atoms with Gasteiger partial charge in [-0.1, -0.05) is 60.7 Å². The third-order valence-corrected chi connectivity index (χ3v) is 8.22. The topological polar surface area (TPSA) is 89.0 Å². The Morgan fingerprint density at radius 2 is 0.536 bits per heavy atom. The molecule has 0 fully saturated rings. The average molecular weight is 773 g/mol. The van der Waals surface area contributed by atoms with Gasteiger partial charge in [0.15, 0.2) is 0 Å². The van der Waals surface area contributed by atoms with Crippen LogP contribution in [0, 0.1) is 46.5 Å². The first-order chi connectivity index (χ1) is 26.9. The maximum Gasteiger partial charge on any atom is 0.211 e. The largest absolute Gasteiger partial charge is 0.450 e. The van der Waals surface area contributed by atoms with Crippen LogP contribution < -0.4 is 30.4 Å². The summed E-state index contributed by atoms with van der Waals surface area (Å²) in [6, 6.07) is 30.2. The Morgan fingerprint density at radius 1 is 0.286 bits per heavy atom. The zero-order valence-electron chi connectivity index (χ0n) is 28.4. The smallest absolute Gasteiger partial charge is 0.211 e. The number of hydrogen-bond donors (Lipinski definition) is 2. The summed E-state index contributed by atoms with van der Waals surface area (Å²) in [5, 5.41) is 0. The first kappa shape index (κ1) is 37.1. The van der Waals surface area contributed by atoms with Crippen LogP contribution in [0.15, 0.2) is 121 Å². The predicted octanol–water partition coefficient (Wildman–Crippen LogP) is 12.5. The third-order valence-electron chi connectivity index (χ3n) is 8.22. The lowest BCUT2D eigenvalue weighted by Gasteiger charge is -2.16. The van der Waals surface area contributed by atoms with Crippen LogP contribution in [-0.2, 0) is 0 Å². The molecule has 0 aliphatic carbocycles. The van der Waals surface area contributed by atoms with E-state index in [0.717, 1.165) is 11.1 Å². The van der Waals surface area contributed by atoms with Crippen LogP contribution in [0.25, 0.3) is 22.3 Å². The highest BCUT2D eigenvalue weighted by molar-refractivity contribution is 5.71. The molecule has 7 aromatic rings. The molecule has 56 heavy (non-hydrogen) atoms. The van der Waals surface area contributed by atoms with Crippen molar-refractivity contribution in [2.45, 2.75) is 0 Å². The maximum absolute atomic E-state index is 14.9. The number of anilines is 2. The van der Waals surface area contributed by atoms with Gasteiger partial charge < -0.3 is 30.4 Å². The van der Waals surface area contributed by atoms with Gasteiger partial charge in [0.2, 0.25) is 69.5 Å². The molecule has 0 heterocycles. The highest BCUT2D eigenvalue weighted by atomic mass is 19.2. The van der Waals surface area contributed by atoms with E-state index in [-0.39, 0.29) is 34.4 Å². The second-order valence-electron chi connectivity index (χ2n) is 12.0. The van der Waals surface area contributed by atoms with E-state index in [1.807, 2.05) is 0 Å². The van der Waals surface area contributed by atoms with Gasteiger partial charge in [-0.2, -0.15) is 17.6 Å². The van der Waals surface area contributed by atoms with Crippen molar-refractivity contribution in [2.24, 2.45) is 0 Å². The SMILES string of the molecule is Nc1cccc(Oc2c(F)c(F)c(F)c(F)c2Oc2ccc(-c3ccc(-c4ccc(Oc5c(F)c(F)c(F)c(F)c5Oc5cccc(N)c5)cc4)cc3)cc2)c1. The van der Waals surface area contributed by atoms with Crippen LogP contribution in [0.1, 0.15) is 0 Å². The van der Waals surface area contributed by atoms with Crippen molar-refractivity contribution in [1.29, 1.82) is 0 Å². The van der Waals surface area contributed by atoms with Crippen LogP contribution in [0.3, 0.4) is 0 Å². The van der Waals surface area contributed by atoms with Crippen LogP contribution in [0.5, 0.6) is 46.0 Å². The molecule has 0 saturated carbocycles. The monoisotopic (exact) mass is 772 g/mol. The molecule has 7 rings (SSSR count). The van der Waals surface area contributed by atoms with Gasteiger partial charge in [-0.05, 0) is 70.8 Å². The molecule has 0 atom stereocenters. The Balaban J connectivity index is 1.08. The molecule has 0 spiro atoms. The minimum atomic E-state index is -2.09. The van der Waals surface area contributed by atoms with E-state index >= 15 is 0 Å². The van der Waals surface area contributed by atoms with Gasteiger partial charge in [-0.3, -0.25) is 0 Å². The molecule has 0 amide bonds. The molecule has 0 radical (unpaired) electrons. The van der Waals surface area contributed by atoms with Gasteiger partial charge in [0.25, 0.3) is 0 Å². The fraction of sp³-hybridized carbons (Fsp3) is 0. The van der Waals surface area contributed by atoms with Crippen molar-refractivity contribution in [2.75, 3.05) is 11.5 Å². The molecule has 6 nitrogen and oxygen atoms in total. The summed E-state index contributed by atoms with van der Waals surface area (Å²) in [6.07, 6.45) is 0. The standard InChI is InChI=1S/C42H24F8N2O4/c43-31-33(45)37(49)41(55-29-5-1-3-25(51)19-29)39(35(31)47)53-27-15-11-23(12-16-27)21-7-9-22(10-8-21)24-13-17-28(18-14-24)54-40-36(48)32(44)34(46)38(50)42(40)56-30-6-2-4-26(52)20-30/h1-20H,51-52H2.